The van der Waals surface area contributed by atoms with E-state index in [-0.39, 0.29) is 0 Å². The normalized spacial score (nSPS) is 10.2. The molecule has 0 fully saturated rings. The Morgan fingerprint density at radius 1 is 1.46 bits per heavy atom. The predicted octanol–water partition coefficient (Wildman–Crippen LogP) is 1.94. The van der Waals surface area contributed by atoms with Crippen LogP contribution in [-0.2, 0) is 0 Å². The number of nitrogens with one attached hydrogen (secondary N) is 1. The van der Waals surface area contributed by atoms with Crippen molar-refractivity contribution in [1.29, 1.82) is 0 Å². The topological polar surface area (TPSA) is 61.7 Å². The van der Waals surface area contributed by atoms with Crippen LogP contribution in [0, 0.1) is 0 Å². The molecule has 5 heteroatoms. The number of rotatable bonds is 2. The molecular weight excluding hydrogens is 192 g/mol. The number of nitrogens with zero attached hydrogens (tertiary/aromatic N) is 1. The number of carboxylic acid groups (broad SMARTS) is 1. The van der Waals surface area contributed by atoms with Crippen molar-refractivity contribution in [1.82, 2.24) is 5.43 Å². The highest BCUT2D eigenvalue weighted by molar-refractivity contribution is 6.30. The zero-order valence-corrected chi connectivity index (χ0v) is 7.32. The molecule has 0 unspecified atom stereocenters. The molecule has 1 rings (SSSR count). The molecule has 1 aromatic rings. The molecule has 0 saturated heterocycles. The number of amides is 1. The fraction of sp³-hybridized carbons (Fsp3) is 0. The van der Waals surface area contributed by atoms with Gasteiger partial charge in [-0.25, -0.2) is 10.2 Å². The molecule has 0 aliphatic carbocycles. The minimum Gasteiger partial charge on any atom is -0.464 e. The summed E-state index contributed by atoms with van der Waals surface area (Å²) in [5.74, 6) is 0. The van der Waals surface area contributed by atoms with Crippen molar-refractivity contribution in [2.75, 3.05) is 0 Å². The lowest BCUT2D eigenvalue weighted by Crippen LogP contribution is -2.13. The molecule has 0 spiro atoms. The van der Waals surface area contributed by atoms with Gasteiger partial charge in [-0.05, 0) is 17.7 Å². The first-order valence-corrected chi connectivity index (χ1v) is 3.84. The van der Waals surface area contributed by atoms with Gasteiger partial charge in [0.25, 0.3) is 0 Å². The van der Waals surface area contributed by atoms with Crippen molar-refractivity contribution < 1.29 is 9.90 Å². The summed E-state index contributed by atoms with van der Waals surface area (Å²) < 4.78 is 0. The fourth-order valence-corrected chi connectivity index (χ4v) is 0.837. The SMILES string of the molecule is O=C(O)NN=Cc1ccc(Cl)cc1. The zero-order chi connectivity index (χ0) is 9.68. The molecule has 0 bridgehead atoms. The van der Waals surface area contributed by atoms with E-state index in [0.717, 1.165) is 5.56 Å². The summed E-state index contributed by atoms with van der Waals surface area (Å²) >= 11 is 5.64. The van der Waals surface area contributed by atoms with Crippen LogP contribution in [0.3, 0.4) is 0 Å². The monoisotopic (exact) mass is 198 g/mol. The van der Waals surface area contributed by atoms with E-state index >= 15 is 0 Å². The van der Waals surface area contributed by atoms with Gasteiger partial charge >= 0.3 is 6.09 Å². The molecule has 0 heterocycles. The summed E-state index contributed by atoms with van der Waals surface area (Å²) in [7, 11) is 0. The number of benzene rings is 1. The Morgan fingerprint density at radius 3 is 2.62 bits per heavy atom. The molecule has 0 atom stereocenters. The van der Waals surface area contributed by atoms with Crippen LogP contribution in [0.1, 0.15) is 5.56 Å². The molecule has 0 radical (unpaired) electrons. The number of hydrogen-bond donors (Lipinski definition) is 2. The summed E-state index contributed by atoms with van der Waals surface area (Å²) in [4.78, 5) is 10.00. The molecular formula is C8H7ClN2O2. The van der Waals surface area contributed by atoms with Crippen molar-refractivity contribution >= 4 is 23.9 Å². The quantitative estimate of drug-likeness (QED) is 0.564. The molecule has 0 aliphatic rings. The number of hydrazone groups is 1. The maximum absolute atomic E-state index is 10.00. The Labute approximate surface area is 79.8 Å². The minimum atomic E-state index is -1.19. The summed E-state index contributed by atoms with van der Waals surface area (Å²) in [5.41, 5.74) is 2.64. The minimum absolute atomic E-state index is 0.628. The van der Waals surface area contributed by atoms with Crippen LogP contribution >= 0.6 is 11.6 Å². The highest BCUT2D eigenvalue weighted by Crippen LogP contribution is 2.07. The largest absolute Gasteiger partial charge is 0.464 e. The van der Waals surface area contributed by atoms with E-state index in [1.165, 1.54) is 6.21 Å². The number of halogens is 1. The summed E-state index contributed by atoms with van der Waals surface area (Å²) in [6, 6.07) is 6.86. The highest BCUT2D eigenvalue weighted by Gasteiger charge is 1.89. The van der Waals surface area contributed by atoms with Gasteiger partial charge in [0, 0.05) is 5.02 Å². The third-order valence-corrected chi connectivity index (χ3v) is 1.50. The van der Waals surface area contributed by atoms with Crippen LogP contribution in [0.4, 0.5) is 4.79 Å². The molecule has 1 amide bonds. The average molecular weight is 199 g/mol. The maximum atomic E-state index is 10.00. The van der Waals surface area contributed by atoms with E-state index in [0.29, 0.717) is 5.02 Å². The van der Waals surface area contributed by atoms with Gasteiger partial charge in [-0.15, -0.1) is 0 Å². The molecule has 4 nitrogen and oxygen atoms in total. The van der Waals surface area contributed by atoms with Gasteiger partial charge in [-0.2, -0.15) is 5.10 Å². The van der Waals surface area contributed by atoms with Crippen molar-refractivity contribution in [2.24, 2.45) is 5.10 Å². The van der Waals surface area contributed by atoms with Gasteiger partial charge in [-0.3, -0.25) is 0 Å². The highest BCUT2D eigenvalue weighted by atomic mass is 35.5. The summed E-state index contributed by atoms with van der Waals surface area (Å²) in [6.45, 7) is 0. The van der Waals surface area contributed by atoms with E-state index in [4.69, 9.17) is 16.7 Å². The Bertz CT molecular complexity index is 321. The standard InChI is InChI=1S/C8H7ClN2O2/c9-7-3-1-6(2-4-7)5-10-11-8(12)13/h1-5,11H,(H,12,13). The van der Waals surface area contributed by atoms with Crippen LogP contribution in [-0.4, -0.2) is 17.4 Å². The second kappa shape index (κ2) is 4.47. The van der Waals surface area contributed by atoms with E-state index in [1.54, 1.807) is 24.3 Å². The lowest BCUT2D eigenvalue weighted by Gasteiger charge is -1.92. The Hall–Kier alpha value is -1.55. The third-order valence-electron chi connectivity index (χ3n) is 1.24. The number of carbonyl (C=O) groups is 1. The molecule has 13 heavy (non-hydrogen) atoms. The molecule has 2 N–H and O–H groups in total. The van der Waals surface area contributed by atoms with Gasteiger partial charge in [-0.1, -0.05) is 23.7 Å². The van der Waals surface area contributed by atoms with E-state index in [9.17, 15) is 4.79 Å². The molecule has 1 aromatic carbocycles. The molecule has 0 saturated carbocycles. The lowest BCUT2D eigenvalue weighted by molar-refractivity contribution is 0.195. The van der Waals surface area contributed by atoms with Crippen LogP contribution in [0.25, 0.3) is 0 Å². The van der Waals surface area contributed by atoms with Gasteiger partial charge < -0.3 is 5.11 Å². The van der Waals surface area contributed by atoms with Crippen molar-refractivity contribution in [2.45, 2.75) is 0 Å². The summed E-state index contributed by atoms with van der Waals surface area (Å²) in [6.07, 6.45) is 0.204. The molecule has 68 valence electrons. The van der Waals surface area contributed by atoms with Gasteiger partial charge in [0.2, 0.25) is 0 Å². The first kappa shape index (κ1) is 9.54. The second-order valence-electron chi connectivity index (χ2n) is 2.23. The van der Waals surface area contributed by atoms with Crippen molar-refractivity contribution in [3.05, 3.63) is 34.9 Å². The maximum Gasteiger partial charge on any atom is 0.425 e. The average Bonchev–Trinajstić information content (AvgIpc) is 2.08. The lowest BCUT2D eigenvalue weighted by atomic mass is 10.2. The number of hydrogen-bond acceptors (Lipinski definition) is 2. The Balaban J connectivity index is 2.59. The van der Waals surface area contributed by atoms with Gasteiger partial charge in [0.15, 0.2) is 0 Å². The second-order valence-corrected chi connectivity index (χ2v) is 2.66. The molecule has 0 aromatic heterocycles. The molecule has 0 aliphatic heterocycles. The van der Waals surface area contributed by atoms with Crippen molar-refractivity contribution in [3.8, 4) is 0 Å². The third kappa shape index (κ3) is 3.57. The van der Waals surface area contributed by atoms with Gasteiger partial charge in [0.1, 0.15) is 0 Å². The predicted molar refractivity (Wildman–Crippen MR) is 50.2 cm³/mol. The van der Waals surface area contributed by atoms with Crippen LogP contribution in [0.15, 0.2) is 29.4 Å². The first-order chi connectivity index (χ1) is 6.18. The van der Waals surface area contributed by atoms with Crippen LogP contribution < -0.4 is 5.43 Å². The smallest absolute Gasteiger partial charge is 0.425 e. The summed E-state index contributed by atoms with van der Waals surface area (Å²) in [5, 5.41) is 12.3. The van der Waals surface area contributed by atoms with Crippen LogP contribution in [0.5, 0.6) is 0 Å². The zero-order valence-electron chi connectivity index (χ0n) is 6.57. The Kier molecular flexibility index (Phi) is 3.28. The van der Waals surface area contributed by atoms with E-state index in [1.807, 2.05) is 5.43 Å². The van der Waals surface area contributed by atoms with Gasteiger partial charge in [0.05, 0.1) is 6.21 Å². The van der Waals surface area contributed by atoms with Crippen molar-refractivity contribution in [3.63, 3.8) is 0 Å². The van der Waals surface area contributed by atoms with E-state index in [2.05, 4.69) is 5.10 Å². The Morgan fingerprint density at radius 2 is 2.08 bits per heavy atom. The first-order valence-electron chi connectivity index (χ1n) is 3.46. The van der Waals surface area contributed by atoms with E-state index < -0.39 is 6.09 Å². The fourth-order valence-electron chi connectivity index (χ4n) is 0.711. The van der Waals surface area contributed by atoms with Crippen LogP contribution in [0.2, 0.25) is 5.02 Å².